The summed E-state index contributed by atoms with van der Waals surface area (Å²) in [4.78, 5) is 27.0. The average Bonchev–Trinajstić information content (AvgIpc) is 2.87. The number of benzene rings is 2. The number of sulfonamides is 1. The Morgan fingerprint density at radius 2 is 1.71 bits per heavy atom. The van der Waals surface area contributed by atoms with Gasteiger partial charge in [0.05, 0.1) is 17.4 Å². The third-order valence-corrected chi connectivity index (χ3v) is 6.66. The Bertz CT molecular complexity index is 969. The number of anilines is 1. The van der Waals surface area contributed by atoms with Gasteiger partial charge in [0, 0.05) is 18.2 Å². The average molecular weight is 401 g/mol. The first-order valence-corrected chi connectivity index (χ1v) is 10.8. The smallest absolute Gasteiger partial charge is 0.254 e. The highest BCUT2D eigenvalue weighted by Gasteiger charge is 2.41. The fourth-order valence-corrected chi connectivity index (χ4v) is 5.08. The first kappa shape index (κ1) is 20.1. The van der Waals surface area contributed by atoms with Crippen LogP contribution in [-0.2, 0) is 21.4 Å². The van der Waals surface area contributed by atoms with Gasteiger partial charge in [0.2, 0.25) is 15.9 Å². The second kappa shape index (κ2) is 7.75. The molecule has 0 N–H and O–H groups in total. The van der Waals surface area contributed by atoms with E-state index in [1.54, 1.807) is 24.0 Å². The molecule has 0 bridgehead atoms. The van der Waals surface area contributed by atoms with Gasteiger partial charge in [-0.3, -0.25) is 9.59 Å². The van der Waals surface area contributed by atoms with Crippen LogP contribution in [0.15, 0.2) is 54.6 Å². The maximum Gasteiger partial charge on any atom is 0.254 e. The zero-order valence-electron chi connectivity index (χ0n) is 16.2. The summed E-state index contributed by atoms with van der Waals surface area (Å²) in [5, 5.41) is 0. The second-order valence-corrected chi connectivity index (χ2v) is 9.20. The van der Waals surface area contributed by atoms with E-state index in [2.05, 4.69) is 0 Å². The lowest BCUT2D eigenvalue weighted by molar-refractivity contribution is -0.119. The highest BCUT2D eigenvalue weighted by atomic mass is 32.2. The Labute approximate surface area is 165 Å². The van der Waals surface area contributed by atoms with Gasteiger partial charge in [0.15, 0.2) is 0 Å². The van der Waals surface area contributed by atoms with Crippen LogP contribution in [0.4, 0.5) is 5.69 Å². The van der Waals surface area contributed by atoms with Crippen molar-refractivity contribution in [2.75, 3.05) is 10.1 Å². The fourth-order valence-electron chi connectivity index (χ4n) is 3.26. The summed E-state index contributed by atoms with van der Waals surface area (Å²) in [5.41, 5.74) is 1.75. The molecule has 3 rings (SSSR count). The molecule has 0 aromatic heterocycles. The molecule has 2 aromatic rings. The number of amides is 2. The van der Waals surface area contributed by atoms with Crippen molar-refractivity contribution in [2.45, 2.75) is 33.4 Å². The van der Waals surface area contributed by atoms with Gasteiger partial charge in [-0.15, -0.1) is 0 Å². The molecule has 1 atom stereocenters. The van der Waals surface area contributed by atoms with E-state index in [-0.39, 0.29) is 23.4 Å². The summed E-state index contributed by atoms with van der Waals surface area (Å²) >= 11 is 0. The predicted octanol–water partition coefficient (Wildman–Crippen LogP) is 3.05. The van der Waals surface area contributed by atoms with Crippen LogP contribution in [0.2, 0.25) is 0 Å². The molecule has 6 nitrogen and oxygen atoms in total. The lowest BCUT2D eigenvalue weighted by atomic mass is 10.1. The topological polar surface area (TPSA) is 74.8 Å². The molecule has 1 saturated heterocycles. The molecule has 1 aliphatic rings. The first-order chi connectivity index (χ1) is 13.2. The summed E-state index contributed by atoms with van der Waals surface area (Å²) in [6.45, 7) is 5.98. The number of rotatable bonds is 5. The minimum absolute atomic E-state index is 0.00577. The van der Waals surface area contributed by atoms with E-state index >= 15 is 0 Å². The zero-order valence-corrected chi connectivity index (χ0v) is 17.0. The lowest BCUT2D eigenvalue weighted by Gasteiger charge is -2.27. The minimum atomic E-state index is -3.65. The van der Waals surface area contributed by atoms with Gasteiger partial charge in [-0.1, -0.05) is 37.3 Å². The zero-order chi connectivity index (χ0) is 20.5. The van der Waals surface area contributed by atoms with E-state index < -0.39 is 21.8 Å². The highest BCUT2D eigenvalue weighted by molar-refractivity contribution is 7.94. The quantitative estimate of drug-likeness (QED) is 0.773. The standard InChI is InChI=1S/C21H24N2O4S/c1-15(2)22(13-17-7-5-4-6-8-17)21(25)18-9-11-19(12-10-18)23-20(24)16(3)14-28(23,26)27/h4-12,15-16H,13-14H2,1-3H3/t16-/m0/s1. The van der Waals surface area contributed by atoms with Crippen molar-refractivity contribution in [3.05, 3.63) is 65.7 Å². The van der Waals surface area contributed by atoms with Crippen LogP contribution in [0, 0.1) is 5.92 Å². The van der Waals surface area contributed by atoms with E-state index in [9.17, 15) is 18.0 Å². The fraction of sp³-hybridized carbons (Fsp3) is 0.333. The number of hydrogen-bond acceptors (Lipinski definition) is 4. The van der Waals surface area contributed by atoms with Crippen molar-refractivity contribution in [2.24, 2.45) is 5.92 Å². The van der Waals surface area contributed by atoms with Crippen LogP contribution in [-0.4, -0.2) is 36.9 Å². The Kier molecular flexibility index (Phi) is 5.56. The van der Waals surface area contributed by atoms with Crippen LogP contribution in [0.25, 0.3) is 0 Å². The molecule has 2 amide bonds. The summed E-state index contributed by atoms with van der Waals surface area (Å²) in [7, 11) is -3.65. The first-order valence-electron chi connectivity index (χ1n) is 9.22. The second-order valence-electron chi connectivity index (χ2n) is 7.34. The SMILES string of the molecule is CC(C)N(Cc1ccccc1)C(=O)c1ccc(N2C(=O)[C@@H](C)CS2(=O)=O)cc1. The Morgan fingerprint density at radius 3 is 2.21 bits per heavy atom. The monoisotopic (exact) mass is 400 g/mol. The van der Waals surface area contributed by atoms with Gasteiger partial charge in [-0.25, -0.2) is 12.7 Å². The molecule has 148 valence electrons. The molecular formula is C21H24N2O4S. The summed E-state index contributed by atoms with van der Waals surface area (Å²) in [6.07, 6.45) is 0. The minimum Gasteiger partial charge on any atom is -0.332 e. The molecular weight excluding hydrogens is 376 g/mol. The van der Waals surface area contributed by atoms with Crippen molar-refractivity contribution in [3.8, 4) is 0 Å². The molecule has 1 heterocycles. The molecule has 1 aliphatic heterocycles. The Balaban J connectivity index is 1.83. The largest absolute Gasteiger partial charge is 0.332 e. The van der Waals surface area contributed by atoms with Crippen molar-refractivity contribution in [1.82, 2.24) is 4.90 Å². The van der Waals surface area contributed by atoms with E-state index in [0.717, 1.165) is 9.87 Å². The maximum atomic E-state index is 13.0. The van der Waals surface area contributed by atoms with Gasteiger partial charge in [0.25, 0.3) is 5.91 Å². The summed E-state index contributed by atoms with van der Waals surface area (Å²) in [5.74, 6) is -1.33. The number of carbonyl (C=O) groups is 2. The van der Waals surface area contributed by atoms with Crippen LogP contribution in [0.5, 0.6) is 0 Å². The van der Waals surface area contributed by atoms with Gasteiger partial charge in [0.1, 0.15) is 0 Å². The van der Waals surface area contributed by atoms with Crippen molar-refractivity contribution in [1.29, 1.82) is 0 Å². The van der Waals surface area contributed by atoms with Crippen LogP contribution in [0.3, 0.4) is 0 Å². The van der Waals surface area contributed by atoms with Gasteiger partial charge < -0.3 is 4.90 Å². The summed E-state index contributed by atoms with van der Waals surface area (Å²) in [6, 6.07) is 15.9. The van der Waals surface area contributed by atoms with Crippen molar-refractivity contribution < 1.29 is 18.0 Å². The van der Waals surface area contributed by atoms with Crippen LogP contribution < -0.4 is 4.31 Å². The Hall–Kier alpha value is -2.67. The number of hydrogen-bond donors (Lipinski definition) is 0. The van der Waals surface area contributed by atoms with Gasteiger partial charge >= 0.3 is 0 Å². The molecule has 2 aromatic carbocycles. The maximum absolute atomic E-state index is 13.0. The number of carbonyl (C=O) groups excluding carboxylic acids is 2. The van der Waals surface area contributed by atoms with E-state index in [4.69, 9.17) is 0 Å². The third kappa shape index (κ3) is 3.94. The molecule has 0 aliphatic carbocycles. The normalized spacial score (nSPS) is 18.5. The predicted molar refractivity (Wildman–Crippen MR) is 108 cm³/mol. The highest BCUT2D eigenvalue weighted by Crippen LogP contribution is 2.28. The lowest BCUT2D eigenvalue weighted by Crippen LogP contribution is -2.36. The van der Waals surface area contributed by atoms with E-state index in [1.165, 1.54) is 12.1 Å². The van der Waals surface area contributed by atoms with Crippen molar-refractivity contribution in [3.63, 3.8) is 0 Å². The molecule has 0 radical (unpaired) electrons. The van der Waals surface area contributed by atoms with Gasteiger partial charge in [-0.05, 0) is 43.7 Å². The number of nitrogens with zero attached hydrogens (tertiary/aromatic N) is 2. The molecule has 0 saturated carbocycles. The van der Waals surface area contributed by atoms with Crippen LogP contribution >= 0.6 is 0 Å². The molecule has 0 unspecified atom stereocenters. The molecule has 7 heteroatoms. The third-order valence-electron chi connectivity index (χ3n) is 4.79. The Morgan fingerprint density at radius 1 is 1.11 bits per heavy atom. The molecule has 1 fully saturated rings. The van der Waals surface area contributed by atoms with Crippen molar-refractivity contribution >= 4 is 27.5 Å². The van der Waals surface area contributed by atoms with Gasteiger partial charge in [-0.2, -0.15) is 0 Å². The summed E-state index contributed by atoms with van der Waals surface area (Å²) < 4.78 is 25.3. The molecule has 28 heavy (non-hydrogen) atoms. The van der Waals surface area contributed by atoms with E-state index in [0.29, 0.717) is 12.1 Å². The van der Waals surface area contributed by atoms with Crippen LogP contribution in [0.1, 0.15) is 36.7 Å². The molecule has 0 spiro atoms. The van der Waals surface area contributed by atoms with E-state index in [1.807, 2.05) is 44.2 Å².